The van der Waals surface area contributed by atoms with Crippen LogP contribution >= 0.6 is 11.6 Å². The fraction of sp³-hybridized carbons (Fsp3) is 0.238. The van der Waals surface area contributed by atoms with Crippen molar-refractivity contribution < 1.29 is 27.4 Å². The molecule has 3 rings (SSSR count). The number of nitrogens with zero attached hydrogens (tertiary/aromatic N) is 2. The van der Waals surface area contributed by atoms with Crippen LogP contribution < -0.4 is 14.8 Å². The minimum absolute atomic E-state index is 0.165. The summed E-state index contributed by atoms with van der Waals surface area (Å²) in [6, 6.07) is 12.2. The number of carbonyl (C=O) groups is 1. The van der Waals surface area contributed by atoms with Gasteiger partial charge in [-0.1, -0.05) is 29.8 Å². The summed E-state index contributed by atoms with van der Waals surface area (Å²) in [5, 5.41) is 6.35. The van der Waals surface area contributed by atoms with Gasteiger partial charge in [0.1, 0.15) is 5.69 Å². The average Bonchev–Trinajstić information content (AvgIpc) is 3.19. The molecule has 6 nitrogen and oxygen atoms in total. The van der Waals surface area contributed by atoms with Gasteiger partial charge in [-0.05, 0) is 36.2 Å². The molecule has 0 atom stereocenters. The number of hydrogen-bond donors (Lipinski definition) is 1. The second kappa shape index (κ2) is 9.30. The van der Waals surface area contributed by atoms with Crippen molar-refractivity contribution in [1.82, 2.24) is 15.1 Å². The van der Waals surface area contributed by atoms with Gasteiger partial charge in [0.2, 0.25) is 0 Å². The van der Waals surface area contributed by atoms with Crippen LogP contribution in [0.4, 0.5) is 13.2 Å². The van der Waals surface area contributed by atoms with E-state index in [2.05, 4.69) is 10.4 Å². The second-order valence-corrected chi connectivity index (χ2v) is 6.88. The van der Waals surface area contributed by atoms with Crippen molar-refractivity contribution in [2.24, 2.45) is 0 Å². The number of benzene rings is 2. The standard InChI is InChI=1S/C21H19ClF3N3O3/c1-30-17-8-7-13(11-18(17)31-2)9-10-26-20(29)16-12-19(21(23,24)25)27-28(16)15-6-4-3-5-14(15)22/h3-8,11-12H,9-10H2,1-2H3,(H,26,29). The Morgan fingerprint density at radius 2 is 1.81 bits per heavy atom. The van der Waals surface area contributed by atoms with Gasteiger partial charge < -0.3 is 14.8 Å². The van der Waals surface area contributed by atoms with Gasteiger partial charge in [-0.25, -0.2) is 4.68 Å². The van der Waals surface area contributed by atoms with Crippen LogP contribution in [0.2, 0.25) is 5.02 Å². The predicted octanol–water partition coefficient (Wildman–Crippen LogP) is 4.53. The molecule has 3 aromatic rings. The first-order valence-electron chi connectivity index (χ1n) is 9.16. The third-order valence-electron chi connectivity index (χ3n) is 4.46. The van der Waals surface area contributed by atoms with Crippen molar-refractivity contribution in [1.29, 1.82) is 0 Å². The Morgan fingerprint density at radius 3 is 2.45 bits per heavy atom. The second-order valence-electron chi connectivity index (χ2n) is 6.47. The van der Waals surface area contributed by atoms with Crippen LogP contribution in [-0.2, 0) is 12.6 Å². The number of ether oxygens (including phenoxy) is 2. The Balaban J connectivity index is 1.80. The highest BCUT2D eigenvalue weighted by Crippen LogP contribution is 2.31. The average molecular weight is 454 g/mol. The molecule has 164 valence electrons. The van der Waals surface area contributed by atoms with Crippen molar-refractivity contribution in [2.75, 3.05) is 20.8 Å². The number of rotatable bonds is 7. The maximum Gasteiger partial charge on any atom is 0.435 e. The molecule has 0 saturated heterocycles. The highest BCUT2D eigenvalue weighted by atomic mass is 35.5. The number of halogens is 4. The van der Waals surface area contributed by atoms with Gasteiger partial charge >= 0.3 is 6.18 Å². The molecule has 1 N–H and O–H groups in total. The Morgan fingerprint density at radius 1 is 1.10 bits per heavy atom. The summed E-state index contributed by atoms with van der Waals surface area (Å²) in [7, 11) is 3.03. The zero-order chi connectivity index (χ0) is 22.6. The van der Waals surface area contributed by atoms with E-state index in [1.807, 2.05) is 6.07 Å². The van der Waals surface area contributed by atoms with Crippen molar-refractivity contribution in [3.8, 4) is 17.2 Å². The predicted molar refractivity (Wildman–Crippen MR) is 109 cm³/mol. The number of carbonyl (C=O) groups excluding carboxylic acids is 1. The lowest BCUT2D eigenvalue weighted by Crippen LogP contribution is -2.28. The maximum atomic E-state index is 13.2. The van der Waals surface area contributed by atoms with Gasteiger partial charge in [-0.3, -0.25) is 4.79 Å². The highest BCUT2D eigenvalue weighted by molar-refractivity contribution is 6.32. The van der Waals surface area contributed by atoms with Crippen LogP contribution in [0, 0.1) is 0 Å². The van der Waals surface area contributed by atoms with Gasteiger partial charge in [-0.2, -0.15) is 18.3 Å². The first kappa shape index (κ1) is 22.5. The van der Waals surface area contributed by atoms with Crippen molar-refractivity contribution in [2.45, 2.75) is 12.6 Å². The number of alkyl halides is 3. The summed E-state index contributed by atoms with van der Waals surface area (Å²) >= 11 is 6.10. The number of hydrogen-bond acceptors (Lipinski definition) is 4. The molecule has 0 bridgehead atoms. The summed E-state index contributed by atoms with van der Waals surface area (Å²) in [6.07, 6.45) is -4.28. The Bertz CT molecular complexity index is 1080. The lowest BCUT2D eigenvalue weighted by atomic mass is 10.1. The van der Waals surface area contributed by atoms with Crippen LogP contribution in [0.25, 0.3) is 5.69 Å². The third kappa shape index (κ3) is 5.11. The molecule has 1 aromatic heterocycles. The first-order valence-corrected chi connectivity index (χ1v) is 9.53. The van der Waals surface area contributed by atoms with E-state index >= 15 is 0 Å². The van der Waals surface area contributed by atoms with E-state index < -0.39 is 17.8 Å². The molecule has 0 fully saturated rings. The fourth-order valence-corrected chi connectivity index (χ4v) is 3.15. The van der Waals surface area contributed by atoms with E-state index in [1.165, 1.54) is 26.4 Å². The lowest BCUT2D eigenvalue weighted by Gasteiger charge is -2.11. The third-order valence-corrected chi connectivity index (χ3v) is 4.78. The Labute approximate surface area is 181 Å². The normalized spacial score (nSPS) is 11.3. The van der Waals surface area contributed by atoms with Crippen molar-refractivity contribution >= 4 is 17.5 Å². The quantitative estimate of drug-likeness (QED) is 0.570. The molecule has 0 spiro atoms. The molecule has 31 heavy (non-hydrogen) atoms. The van der Waals surface area contributed by atoms with Crippen LogP contribution in [-0.4, -0.2) is 36.5 Å². The van der Waals surface area contributed by atoms with Gasteiger partial charge in [-0.15, -0.1) is 0 Å². The molecule has 0 radical (unpaired) electrons. The Hall–Kier alpha value is -3.20. The number of aromatic nitrogens is 2. The molecule has 0 saturated carbocycles. The summed E-state index contributed by atoms with van der Waals surface area (Å²) in [6.45, 7) is 0.184. The van der Waals surface area contributed by atoms with Gasteiger partial charge in [0, 0.05) is 12.6 Å². The number of nitrogens with one attached hydrogen (secondary N) is 1. The molecule has 0 aliphatic rings. The zero-order valence-corrected chi connectivity index (χ0v) is 17.4. The molecule has 2 aromatic carbocycles. The molecular formula is C21H19ClF3N3O3. The van der Waals surface area contributed by atoms with Crippen LogP contribution in [0.3, 0.4) is 0 Å². The van der Waals surface area contributed by atoms with Crippen molar-refractivity contribution in [3.63, 3.8) is 0 Å². The van der Waals surface area contributed by atoms with Crippen LogP contribution in [0.1, 0.15) is 21.7 Å². The van der Waals surface area contributed by atoms with E-state index in [-0.39, 0.29) is 22.9 Å². The number of amides is 1. The molecule has 1 heterocycles. The van der Waals surface area contributed by atoms with Gasteiger partial charge in [0.15, 0.2) is 17.2 Å². The number of methoxy groups -OCH3 is 2. The van der Waals surface area contributed by atoms with Gasteiger partial charge in [0.05, 0.1) is 24.9 Å². The van der Waals surface area contributed by atoms with E-state index in [4.69, 9.17) is 21.1 Å². The highest BCUT2D eigenvalue weighted by Gasteiger charge is 2.36. The summed E-state index contributed by atoms with van der Waals surface area (Å²) in [4.78, 5) is 12.7. The molecular weight excluding hydrogens is 435 g/mol. The summed E-state index contributed by atoms with van der Waals surface area (Å²) < 4.78 is 50.9. The van der Waals surface area contributed by atoms with Crippen LogP contribution in [0.5, 0.6) is 11.5 Å². The largest absolute Gasteiger partial charge is 0.493 e. The summed E-state index contributed by atoms with van der Waals surface area (Å²) in [5.41, 5.74) is -0.427. The molecule has 0 aliphatic heterocycles. The smallest absolute Gasteiger partial charge is 0.435 e. The summed E-state index contributed by atoms with van der Waals surface area (Å²) in [5.74, 6) is 0.403. The molecule has 0 aliphatic carbocycles. The van der Waals surface area contributed by atoms with E-state index in [1.54, 1.807) is 24.3 Å². The van der Waals surface area contributed by atoms with E-state index in [0.717, 1.165) is 10.2 Å². The van der Waals surface area contributed by atoms with Crippen LogP contribution in [0.15, 0.2) is 48.5 Å². The molecule has 10 heteroatoms. The number of para-hydroxylation sites is 1. The van der Waals surface area contributed by atoms with Gasteiger partial charge in [0.25, 0.3) is 5.91 Å². The van der Waals surface area contributed by atoms with E-state index in [0.29, 0.717) is 24.0 Å². The first-order chi connectivity index (χ1) is 14.7. The Kier molecular flexibility index (Phi) is 6.74. The maximum absolute atomic E-state index is 13.2. The topological polar surface area (TPSA) is 65.4 Å². The zero-order valence-electron chi connectivity index (χ0n) is 16.7. The SMILES string of the molecule is COc1ccc(CCNC(=O)c2cc(C(F)(F)F)nn2-c2ccccc2Cl)cc1OC. The monoisotopic (exact) mass is 453 g/mol. The lowest BCUT2D eigenvalue weighted by molar-refractivity contribution is -0.141. The van der Waals surface area contributed by atoms with E-state index in [9.17, 15) is 18.0 Å². The minimum Gasteiger partial charge on any atom is -0.493 e. The van der Waals surface area contributed by atoms with Crippen molar-refractivity contribution in [3.05, 3.63) is 70.5 Å². The molecule has 0 unspecified atom stereocenters. The minimum atomic E-state index is -4.71. The fourth-order valence-electron chi connectivity index (χ4n) is 2.94. The molecule has 1 amide bonds.